The molecule has 0 bridgehead atoms. The molecule has 6 heteroatoms. The van der Waals surface area contributed by atoms with E-state index in [9.17, 15) is 4.79 Å². The first-order chi connectivity index (χ1) is 10.8. The first kappa shape index (κ1) is 15.5. The van der Waals surface area contributed by atoms with Crippen LogP contribution in [-0.4, -0.2) is 64.1 Å². The van der Waals surface area contributed by atoms with Gasteiger partial charge in [-0.2, -0.15) is 0 Å². The van der Waals surface area contributed by atoms with Crippen molar-refractivity contribution in [2.45, 2.75) is 45.4 Å². The molecule has 1 aromatic rings. The molecule has 0 radical (unpaired) electrons. The summed E-state index contributed by atoms with van der Waals surface area (Å²) in [7, 11) is 0. The number of carbonyl (C=O) groups is 1. The Labute approximate surface area is 132 Å². The van der Waals surface area contributed by atoms with E-state index in [2.05, 4.69) is 21.4 Å². The molecule has 2 aliphatic heterocycles. The van der Waals surface area contributed by atoms with Gasteiger partial charge in [-0.15, -0.1) is 0 Å². The fourth-order valence-corrected chi connectivity index (χ4v) is 3.31. The van der Waals surface area contributed by atoms with E-state index < -0.39 is 0 Å². The molecule has 0 spiro atoms. The van der Waals surface area contributed by atoms with Crippen molar-refractivity contribution < 1.29 is 9.53 Å². The highest BCUT2D eigenvalue weighted by Crippen LogP contribution is 2.16. The molecule has 122 valence electrons. The van der Waals surface area contributed by atoms with Gasteiger partial charge >= 0.3 is 0 Å². The van der Waals surface area contributed by atoms with Crippen molar-refractivity contribution in [3.8, 4) is 0 Å². The maximum Gasteiger partial charge on any atom is 0.251 e. The van der Waals surface area contributed by atoms with Gasteiger partial charge < -0.3 is 14.2 Å². The van der Waals surface area contributed by atoms with Crippen molar-refractivity contribution in [2.24, 2.45) is 0 Å². The summed E-state index contributed by atoms with van der Waals surface area (Å²) in [5.41, 5.74) is 0. The predicted molar refractivity (Wildman–Crippen MR) is 83.3 cm³/mol. The SMILES string of the molecule is CCn1ccnc1CN1CCCN(C(=O)C2CCCO2)CC1. The molecule has 0 aliphatic carbocycles. The fourth-order valence-electron chi connectivity index (χ4n) is 3.31. The molecular formula is C16H26N4O2. The standard InChI is InChI=1S/C16H26N4O2/c1-2-19-9-6-17-15(19)13-18-7-4-8-20(11-10-18)16(21)14-5-3-12-22-14/h6,9,14H,2-5,7-8,10-13H2,1H3. The third-order valence-corrected chi connectivity index (χ3v) is 4.61. The molecule has 0 saturated carbocycles. The Morgan fingerprint density at radius 1 is 1.32 bits per heavy atom. The summed E-state index contributed by atoms with van der Waals surface area (Å²) in [5.74, 6) is 1.30. The summed E-state index contributed by atoms with van der Waals surface area (Å²) >= 11 is 0. The van der Waals surface area contributed by atoms with Crippen LogP contribution in [-0.2, 0) is 22.6 Å². The molecule has 22 heavy (non-hydrogen) atoms. The Morgan fingerprint density at radius 3 is 3.00 bits per heavy atom. The number of hydrogen-bond donors (Lipinski definition) is 0. The molecule has 3 rings (SSSR count). The van der Waals surface area contributed by atoms with Crippen LogP contribution in [0.25, 0.3) is 0 Å². The van der Waals surface area contributed by atoms with Crippen LogP contribution in [0.15, 0.2) is 12.4 Å². The highest BCUT2D eigenvalue weighted by atomic mass is 16.5. The number of hydrogen-bond acceptors (Lipinski definition) is 4. The Balaban J connectivity index is 1.54. The number of amides is 1. The lowest BCUT2D eigenvalue weighted by atomic mass is 10.2. The summed E-state index contributed by atoms with van der Waals surface area (Å²) in [6.07, 6.45) is 6.61. The van der Waals surface area contributed by atoms with Crippen molar-refractivity contribution in [1.82, 2.24) is 19.4 Å². The maximum absolute atomic E-state index is 12.4. The van der Waals surface area contributed by atoms with Gasteiger partial charge in [-0.1, -0.05) is 0 Å². The lowest BCUT2D eigenvalue weighted by Crippen LogP contribution is -2.41. The summed E-state index contributed by atoms with van der Waals surface area (Å²) < 4.78 is 7.71. The van der Waals surface area contributed by atoms with Gasteiger partial charge in [0.15, 0.2) is 0 Å². The lowest BCUT2D eigenvalue weighted by Gasteiger charge is -2.24. The minimum atomic E-state index is -0.189. The van der Waals surface area contributed by atoms with Gasteiger partial charge in [0.2, 0.25) is 0 Å². The van der Waals surface area contributed by atoms with Crippen LogP contribution in [0.4, 0.5) is 0 Å². The Morgan fingerprint density at radius 2 is 2.23 bits per heavy atom. The molecule has 0 N–H and O–H groups in total. The van der Waals surface area contributed by atoms with Gasteiger partial charge in [0, 0.05) is 51.7 Å². The lowest BCUT2D eigenvalue weighted by molar-refractivity contribution is -0.140. The Kier molecular flexibility index (Phi) is 5.10. The highest BCUT2D eigenvalue weighted by molar-refractivity contribution is 5.81. The average Bonchev–Trinajstić information content (AvgIpc) is 3.15. The molecule has 1 atom stereocenters. The predicted octanol–water partition coefficient (Wildman–Crippen LogP) is 1.12. The van der Waals surface area contributed by atoms with Crippen LogP contribution in [0, 0.1) is 0 Å². The Hall–Kier alpha value is -1.40. The average molecular weight is 306 g/mol. The van der Waals surface area contributed by atoms with E-state index in [0.717, 1.165) is 71.0 Å². The van der Waals surface area contributed by atoms with Crippen LogP contribution in [0.1, 0.15) is 32.0 Å². The third-order valence-electron chi connectivity index (χ3n) is 4.61. The molecule has 2 fully saturated rings. The van der Waals surface area contributed by atoms with Crippen LogP contribution in [0.5, 0.6) is 0 Å². The Bertz CT molecular complexity index is 496. The van der Waals surface area contributed by atoms with Gasteiger partial charge in [-0.25, -0.2) is 4.98 Å². The monoisotopic (exact) mass is 306 g/mol. The number of rotatable bonds is 4. The van der Waals surface area contributed by atoms with Crippen molar-refractivity contribution in [3.05, 3.63) is 18.2 Å². The number of aryl methyl sites for hydroxylation is 1. The first-order valence-corrected chi connectivity index (χ1v) is 8.40. The van der Waals surface area contributed by atoms with E-state index in [0.29, 0.717) is 0 Å². The van der Waals surface area contributed by atoms with Gasteiger partial charge in [-0.05, 0) is 26.2 Å². The number of nitrogens with zero attached hydrogens (tertiary/aromatic N) is 4. The molecule has 1 aromatic heterocycles. The second-order valence-corrected chi connectivity index (χ2v) is 6.09. The summed E-state index contributed by atoms with van der Waals surface area (Å²) in [6.45, 7) is 8.26. The fraction of sp³-hybridized carbons (Fsp3) is 0.750. The van der Waals surface area contributed by atoms with E-state index in [-0.39, 0.29) is 12.0 Å². The zero-order valence-electron chi connectivity index (χ0n) is 13.4. The second-order valence-electron chi connectivity index (χ2n) is 6.09. The van der Waals surface area contributed by atoms with Crippen molar-refractivity contribution in [3.63, 3.8) is 0 Å². The number of aromatic nitrogens is 2. The molecule has 2 saturated heterocycles. The maximum atomic E-state index is 12.4. The number of carbonyl (C=O) groups excluding carboxylic acids is 1. The molecule has 6 nitrogen and oxygen atoms in total. The summed E-state index contributed by atoms with van der Waals surface area (Å²) in [5, 5.41) is 0. The second kappa shape index (κ2) is 7.24. The van der Waals surface area contributed by atoms with E-state index in [4.69, 9.17) is 4.74 Å². The summed E-state index contributed by atoms with van der Waals surface area (Å²) in [4.78, 5) is 21.3. The van der Waals surface area contributed by atoms with Crippen LogP contribution in [0.2, 0.25) is 0 Å². The minimum absolute atomic E-state index is 0.189. The molecule has 0 aromatic carbocycles. The molecule has 1 unspecified atom stereocenters. The number of imidazole rings is 1. The van der Waals surface area contributed by atoms with Crippen molar-refractivity contribution >= 4 is 5.91 Å². The molecule has 1 amide bonds. The van der Waals surface area contributed by atoms with E-state index in [1.54, 1.807) is 0 Å². The van der Waals surface area contributed by atoms with E-state index in [1.807, 2.05) is 17.3 Å². The zero-order valence-corrected chi connectivity index (χ0v) is 13.4. The third kappa shape index (κ3) is 3.50. The normalized spacial score (nSPS) is 23.7. The van der Waals surface area contributed by atoms with E-state index >= 15 is 0 Å². The largest absolute Gasteiger partial charge is 0.368 e. The van der Waals surface area contributed by atoms with Gasteiger partial charge in [-0.3, -0.25) is 9.69 Å². The highest BCUT2D eigenvalue weighted by Gasteiger charge is 2.29. The summed E-state index contributed by atoms with van der Waals surface area (Å²) in [6, 6.07) is 0. The van der Waals surface area contributed by atoms with Crippen LogP contribution >= 0.6 is 0 Å². The smallest absolute Gasteiger partial charge is 0.251 e. The number of ether oxygens (including phenoxy) is 1. The quantitative estimate of drug-likeness (QED) is 0.836. The minimum Gasteiger partial charge on any atom is -0.368 e. The first-order valence-electron chi connectivity index (χ1n) is 8.40. The van der Waals surface area contributed by atoms with Gasteiger partial charge in [0.05, 0.1) is 6.54 Å². The van der Waals surface area contributed by atoms with Crippen LogP contribution < -0.4 is 0 Å². The van der Waals surface area contributed by atoms with Crippen molar-refractivity contribution in [2.75, 3.05) is 32.8 Å². The molecular weight excluding hydrogens is 280 g/mol. The topological polar surface area (TPSA) is 50.6 Å². The van der Waals surface area contributed by atoms with Crippen molar-refractivity contribution in [1.29, 1.82) is 0 Å². The van der Waals surface area contributed by atoms with Crippen LogP contribution in [0.3, 0.4) is 0 Å². The van der Waals surface area contributed by atoms with E-state index in [1.165, 1.54) is 0 Å². The molecule has 3 heterocycles. The van der Waals surface area contributed by atoms with Gasteiger partial charge in [0.25, 0.3) is 5.91 Å². The van der Waals surface area contributed by atoms with Gasteiger partial charge in [0.1, 0.15) is 11.9 Å². The molecule has 2 aliphatic rings. The zero-order chi connectivity index (χ0) is 15.4.